The molecule has 3 aromatic rings. The molecule has 2 aromatic heterocycles. The van der Waals surface area contributed by atoms with Crippen molar-refractivity contribution < 1.29 is 9.94 Å². The van der Waals surface area contributed by atoms with Crippen molar-refractivity contribution in [3.05, 3.63) is 48.0 Å². The first kappa shape index (κ1) is 14.9. The van der Waals surface area contributed by atoms with E-state index in [2.05, 4.69) is 19.9 Å². The number of methoxy groups -OCH3 is 1. The van der Waals surface area contributed by atoms with E-state index in [0.717, 1.165) is 16.0 Å². The standard InChI is InChI=1S/C13H13N5O2.ClH/c1-20-10-4-2-9(3-5-10)6-14-12-11-13(16-7-15-11)18(19)8-17-12;/h2-5,7-8,19H,6H2,1H3,(H,15,16);1H. The number of benzene rings is 1. The first-order valence-corrected chi connectivity index (χ1v) is 6.01. The van der Waals surface area contributed by atoms with Gasteiger partial charge < -0.3 is 14.9 Å². The fourth-order valence-corrected chi connectivity index (χ4v) is 1.87. The second kappa shape index (κ2) is 6.27. The number of ether oxygens (including phenoxy) is 1. The molecule has 0 bridgehead atoms. The quantitative estimate of drug-likeness (QED) is 0.718. The fraction of sp³-hybridized carbons (Fsp3) is 0.154. The number of nitrogens with one attached hydrogen (secondary N) is 1. The number of aromatic amines is 1. The second-order valence-corrected chi connectivity index (χ2v) is 4.18. The zero-order valence-electron chi connectivity index (χ0n) is 11.2. The molecule has 21 heavy (non-hydrogen) atoms. The van der Waals surface area contributed by atoms with Crippen molar-refractivity contribution in [1.82, 2.24) is 19.7 Å². The summed E-state index contributed by atoms with van der Waals surface area (Å²) in [5.74, 6) is 0.809. The van der Waals surface area contributed by atoms with Gasteiger partial charge in [0.05, 0.1) is 20.0 Å². The van der Waals surface area contributed by atoms with E-state index in [9.17, 15) is 5.21 Å². The van der Waals surface area contributed by atoms with Gasteiger partial charge in [0.25, 0.3) is 0 Å². The highest BCUT2D eigenvalue weighted by molar-refractivity contribution is 5.85. The normalized spacial score (nSPS) is 11.4. The lowest BCUT2D eigenvalue weighted by molar-refractivity contribution is 0.192. The lowest BCUT2D eigenvalue weighted by atomic mass is 10.2. The molecule has 110 valence electrons. The molecule has 2 heterocycles. The van der Waals surface area contributed by atoms with Gasteiger partial charge in [-0.05, 0) is 17.7 Å². The van der Waals surface area contributed by atoms with Crippen LogP contribution in [0.3, 0.4) is 0 Å². The van der Waals surface area contributed by atoms with Crippen LogP contribution in [-0.2, 0) is 6.54 Å². The maximum Gasteiger partial charge on any atom is 0.198 e. The molecule has 0 saturated carbocycles. The summed E-state index contributed by atoms with van der Waals surface area (Å²) >= 11 is 0. The first-order valence-electron chi connectivity index (χ1n) is 6.01. The van der Waals surface area contributed by atoms with Crippen LogP contribution in [0.25, 0.3) is 11.2 Å². The molecule has 1 aromatic carbocycles. The molecule has 7 nitrogen and oxygen atoms in total. The number of halogens is 1. The number of rotatable bonds is 3. The van der Waals surface area contributed by atoms with Crippen LogP contribution in [0.5, 0.6) is 5.75 Å². The van der Waals surface area contributed by atoms with Gasteiger partial charge in [0, 0.05) is 0 Å². The minimum Gasteiger partial charge on any atom is -0.497 e. The smallest absolute Gasteiger partial charge is 0.198 e. The van der Waals surface area contributed by atoms with E-state index in [1.165, 1.54) is 12.7 Å². The molecule has 0 unspecified atom stereocenters. The highest BCUT2D eigenvalue weighted by atomic mass is 35.5. The van der Waals surface area contributed by atoms with Crippen molar-refractivity contribution in [3.8, 4) is 5.75 Å². The van der Waals surface area contributed by atoms with Gasteiger partial charge in [0.15, 0.2) is 11.1 Å². The van der Waals surface area contributed by atoms with Crippen LogP contribution >= 0.6 is 12.4 Å². The molecular weight excluding hydrogens is 294 g/mol. The Morgan fingerprint density at radius 2 is 2.05 bits per heavy atom. The van der Waals surface area contributed by atoms with Crippen LogP contribution in [0, 0.1) is 0 Å². The molecule has 0 saturated heterocycles. The molecule has 8 heteroatoms. The van der Waals surface area contributed by atoms with E-state index < -0.39 is 0 Å². The Labute approximate surface area is 126 Å². The summed E-state index contributed by atoms with van der Waals surface area (Å²) in [6, 6.07) is 7.66. The van der Waals surface area contributed by atoms with Crippen LogP contribution in [0.15, 0.2) is 41.9 Å². The van der Waals surface area contributed by atoms with Gasteiger partial charge in [0.2, 0.25) is 0 Å². The summed E-state index contributed by atoms with van der Waals surface area (Å²) in [6.07, 6.45) is 2.77. The Kier molecular flexibility index (Phi) is 4.44. The first-order chi connectivity index (χ1) is 9.78. The molecule has 0 amide bonds. The van der Waals surface area contributed by atoms with Crippen LogP contribution in [0.1, 0.15) is 5.56 Å². The highest BCUT2D eigenvalue weighted by Crippen LogP contribution is 2.11. The molecule has 0 aliphatic heterocycles. The largest absolute Gasteiger partial charge is 0.497 e. The van der Waals surface area contributed by atoms with E-state index in [-0.39, 0.29) is 12.4 Å². The predicted octanol–water partition coefficient (Wildman–Crippen LogP) is 1.53. The Bertz CT molecular complexity index is 794. The molecular formula is C13H14ClN5O2. The highest BCUT2D eigenvalue weighted by Gasteiger charge is 2.03. The van der Waals surface area contributed by atoms with Gasteiger partial charge in [-0.25, -0.2) is 9.97 Å². The van der Waals surface area contributed by atoms with Crippen molar-refractivity contribution in [2.24, 2.45) is 4.99 Å². The third-order valence-corrected chi connectivity index (χ3v) is 2.92. The van der Waals surface area contributed by atoms with Crippen LogP contribution in [0.4, 0.5) is 0 Å². The lowest BCUT2D eigenvalue weighted by Gasteiger charge is -2.01. The lowest BCUT2D eigenvalue weighted by Crippen LogP contribution is -2.13. The Balaban J connectivity index is 0.00000161. The van der Waals surface area contributed by atoms with E-state index in [1.807, 2.05) is 24.3 Å². The summed E-state index contributed by atoms with van der Waals surface area (Å²) in [4.78, 5) is 15.4. The molecule has 0 aliphatic rings. The maximum atomic E-state index is 9.54. The van der Waals surface area contributed by atoms with Gasteiger partial charge >= 0.3 is 0 Å². The molecule has 0 spiro atoms. The molecule has 0 radical (unpaired) electrons. The summed E-state index contributed by atoms with van der Waals surface area (Å²) in [6.45, 7) is 0.487. The SMILES string of the molecule is COc1ccc(CN=c2ncn(O)c3nc[nH]c23)cc1.Cl. The third kappa shape index (κ3) is 2.97. The van der Waals surface area contributed by atoms with Crippen LogP contribution in [0.2, 0.25) is 0 Å². The number of nitrogens with zero attached hydrogens (tertiary/aromatic N) is 4. The maximum absolute atomic E-state index is 9.54. The average Bonchev–Trinajstić information content (AvgIpc) is 2.98. The van der Waals surface area contributed by atoms with Crippen molar-refractivity contribution >= 4 is 23.6 Å². The number of imidazole rings is 1. The minimum atomic E-state index is 0. The van der Waals surface area contributed by atoms with Gasteiger partial charge in [-0.1, -0.05) is 12.1 Å². The van der Waals surface area contributed by atoms with Crippen LogP contribution in [-0.4, -0.2) is 32.0 Å². The third-order valence-electron chi connectivity index (χ3n) is 2.92. The predicted molar refractivity (Wildman–Crippen MR) is 78.6 cm³/mol. The van der Waals surface area contributed by atoms with E-state index in [0.29, 0.717) is 23.2 Å². The minimum absolute atomic E-state index is 0. The van der Waals surface area contributed by atoms with Gasteiger partial charge in [0.1, 0.15) is 17.6 Å². The average molecular weight is 308 g/mol. The van der Waals surface area contributed by atoms with E-state index in [1.54, 1.807) is 7.11 Å². The Morgan fingerprint density at radius 3 is 2.76 bits per heavy atom. The van der Waals surface area contributed by atoms with Crippen molar-refractivity contribution in [3.63, 3.8) is 0 Å². The van der Waals surface area contributed by atoms with Gasteiger partial charge in [-0.15, -0.1) is 12.4 Å². The number of H-pyrrole nitrogens is 1. The van der Waals surface area contributed by atoms with E-state index >= 15 is 0 Å². The Morgan fingerprint density at radius 1 is 1.29 bits per heavy atom. The topological polar surface area (TPSA) is 88.3 Å². The number of aromatic nitrogens is 4. The summed E-state index contributed by atoms with van der Waals surface area (Å²) in [5, 5.41) is 9.54. The molecule has 0 atom stereocenters. The molecule has 3 rings (SSSR count). The fourth-order valence-electron chi connectivity index (χ4n) is 1.87. The van der Waals surface area contributed by atoms with Crippen LogP contribution < -0.4 is 10.2 Å². The molecule has 0 aliphatic carbocycles. The monoisotopic (exact) mass is 307 g/mol. The Hall–Kier alpha value is -2.54. The van der Waals surface area contributed by atoms with Gasteiger partial charge in [-0.2, -0.15) is 4.73 Å². The van der Waals surface area contributed by atoms with Gasteiger partial charge in [-0.3, -0.25) is 4.99 Å². The molecule has 0 fully saturated rings. The summed E-state index contributed by atoms with van der Waals surface area (Å²) in [7, 11) is 1.63. The zero-order chi connectivity index (χ0) is 13.9. The van der Waals surface area contributed by atoms with Crippen molar-refractivity contribution in [2.45, 2.75) is 6.54 Å². The van der Waals surface area contributed by atoms with Crippen molar-refractivity contribution in [2.75, 3.05) is 7.11 Å². The number of hydrogen-bond donors (Lipinski definition) is 2. The number of fused-ring (bicyclic) bond motifs is 1. The summed E-state index contributed by atoms with van der Waals surface area (Å²) in [5.41, 5.74) is 2.55. The molecule has 2 N–H and O–H groups in total. The number of hydrogen-bond acceptors (Lipinski definition) is 5. The second-order valence-electron chi connectivity index (χ2n) is 4.18. The summed E-state index contributed by atoms with van der Waals surface area (Å²) < 4.78 is 5.96. The zero-order valence-corrected chi connectivity index (χ0v) is 12.0. The van der Waals surface area contributed by atoms with Crippen molar-refractivity contribution in [1.29, 1.82) is 0 Å². The van der Waals surface area contributed by atoms with E-state index in [4.69, 9.17) is 4.74 Å².